The molecule has 0 aliphatic carbocycles. The summed E-state index contributed by atoms with van der Waals surface area (Å²) in [6.07, 6.45) is 4.82. The first kappa shape index (κ1) is 25.2. The highest BCUT2D eigenvalue weighted by Gasteiger charge is 2.29. The molecule has 188 valence electrons. The third-order valence-electron chi connectivity index (χ3n) is 5.99. The molecule has 35 heavy (non-hydrogen) atoms. The number of carbonyl (C=O) groups is 1. The molecule has 3 heterocycles. The van der Waals surface area contributed by atoms with E-state index >= 15 is 0 Å². The molecule has 9 heteroatoms. The van der Waals surface area contributed by atoms with Gasteiger partial charge in [-0.1, -0.05) is 43.7 Å². The maximum atomic E-state index is 13.4. The summed E-state index contributed by atoms with van der Waals surface area (Å²) in [7, 11) is -3.70. The van der Waals surface area contributed by atoms with Gasteiger partial charge in [-0.15, -0.1) is 0 Å². The summed E-state index contributed by atoms with van der Waals surface area (Å²) >= 11 is 0. The van der Waals surface area contributed by atoms with E-state index in [2.05, 4.69) is 4.98 Å². The van der Waals surface area contributed by atoms with Gasteiger partial charge in [0, 0.05) is 19.7 Å². The predicted octanol–water partition coefficient (Wildman–Crippen LogP) is 4.24. The lowest BCUT2D eigenvalue weighted by atomic mass is 10.2. The Kier molecular flexibility index (Phi) is 7.76. The van der Waals surface area contributed by atoms with Gasteiger partial charge in [-0.2, -0.15) is 0 Å². The molecule has 8 nitrogen and oxygen atoms in total. The second-order valence-electron chi connectivity index (χ2n) is 9.58. The number of aromatic nitrogens is 2. The summed E-state index contributed by atoms with van der Waals surface area (Å²) in [5, 5.41) is 0.0326. The van der Waals surface area contributed by atoms with Gasteiger partial charge in [0.25, 0.3) is 5.91 Å². The molecule has 1 fully saturated rings. The van der Waals surface area contributed by atoms with Gasteiger partial charge >= 0.3 is 0 Å². The number of hydrogen-bond acceptors (Lipinski definition) is 6. The Morgan fingerprint density at radius 2 is 2.09 bits per heavy atom. The number of amides is 1. The van der Waals surface area contributed by atoms with E-state index < -0.39 is 9.84 Å². The van der Waals surface area contributed by atoms with Gasteiger partial charge < -0.3 is 18.6 Å². The third kappa shape index (κ3) is 6.21. The highest BCUT2D eigenvalue weighted by molar-refractivity contribution is 7.90. The molecular formula is C26H33N3O5S. The first-order chi connectivity index (χ1) is 16.7. The first-order valence-corrected chi connectivity index (χ1v) is 13.6. The van der Waals surface area contributed by atoms with Crippen LogP contribution >= 0.6 is 0 Å². The van der Waals surface area contributed by atoms with Gasteiger partial charge in [0.15, 0.2) is 5.76 Å². The lowest BCUT2D eigenvalue weighted by Gasteiger charge is -2.25. The molecule has 0 saturated carbocycles. The molecule has 1 aromatic carbocycles. The van der Waals surface area contributed by atoms with Crippen molar-refractivity contribution in [1.82, 2.24) is 14.5 Å². The Balaban J connectivity index is 1.65. The Morgan fingerprint density at radius 3 is 2.74 bits per heavy atom. The summed E-state index contributed by atoms with van der Waals surface area (Å²) in [4.78, 5) is 19.3. The molecule has 1 atom stereocenters. The van der Waals surface area contributed by atoms with Crippen LogP contribution in [0.15, 0.2) is 58.4 Å². The van der Waals surface area contributed by atoms with E-state index in [4.69, 9.17) is 9.15 Å². The smallest absolute Gasteiger partial charge is 0.289 e. The molecule has 3 aromatic rings. The summed E-state index contributed by atoms with van der Waals surface area (Å²) in [5.74, 6) is 0.0363. The summed E-state index contributed by atoms with van der Waals surface area (Å²) in [6, 6.07) is 10.8. The Hall–Kier alpha value is -2.91. The average molecular weight is 500 g/mol. The molecule has 0 unspecified atom stereocenters. The van der Waals surface area contributed by atoms with Crippen molar-refractivity contribution in [2.45, 2.75) is 63.7 Å². The molecule has 2 aromatic heterocycles. The quantitative estimate of drug-likeness (QED) is 0.414. The Bertz CT molecular complexity index is 1240. The molecule has 4 rings (SSSR count). The second kappa shape index (κ2) is 10.8. The third-order valence-corrected chi connectivity index (χ3v) is 7.58. The largest absolute Gasteiger partial charge is 0.459 e. The molecule has 0 bridgehead atoms. The van der Waals surface area contributed by atoms with Crippen molar-refractivity contribution in [3.05, 3.63) is 71.4 Å². The van der Waals surface area contributed by atoms with Crippen LogP contribution in [0.5, 0.6) is 0 Å². The molecule has 0 spiro atoms. The van der Waals surface area contributed by atoms with Crippen LogP contribution in [0.3, 0.4) is 0 Å². The fourth-order valence-corrected chi connectivity index (χ4v) is 5.91. The molecule has 0 radical (unpaired) electrons. The van der Waals surface area contributed by atoms with Crippen molar-refractivity contribution >= 4 is 15.7 Å². The summed E-state index contributed by atoms with van der Waals surface area (Å²) < 4.78 is 39.7. The fraction of sp³-hybridized carbons (Fsp3) is 0.462. The highest BCUT2D eigenvalue weighted by Crippen LogP contribution is 2.23. The maximum absolute atomic E-state index is 13.4. The lowest BCUT2D eigenvalue weighted by molar-refractivity contribution is 0.0477. The van der Waals surface area contributed by atoms with Crippen molar-refractivity contribution < 1.29 is 22.4 Å². The Morgan fingerprint density at radius 1 is 1.26 bits per heavy atom. The number of rotatable bonds is 10. The summed E-state index contributed by atoms with van der Waals surface area (Å²) in [6.45, 7) is 7.75. The van der Waals surface area contributed by atoms with Crippen molar-refractivity contribution in [2.75, 3.05) is 13.2 Å². The minimum absolute atomic E-state index is 0.0326. The summed E-state index contributed by atoms with van der Waals surface area (Å²) in [5.41, 5.74) is 2.39. The molecule has 1 aliphatic heterocycles. The zero-order valence-corrected chi connectivity index (χ0v) is 21.3. The van der Waals surface area contributed by atoms with Gasteiger partial charge in [0.1, 0.15) is 0 Å². The van der Waals surface area contributed by atoms with E-state index in [1.807, 2.05) is 45.0 Å². The van der Waals surface area contributed by atoms with Gasteiger partial charge in [-0.25, -0.2) is 13.4 Å². The number of sulfone groups is 1. The lowest BCUT2D eigenvalue weighted by Crippen LogP contribution is -2.37. The number of nitrogens with zero attached hydrogens (tertiary/aromatic N) is 3. The Labute approximate surface area is 206 Å². The van der Waals surface area contributed by atoms with Gasteiger partial charge in [-0.05, 0) is 43.4 Å². The number of furan rings is 1. The van der Waals surface area contributed by atoms with E-state index in [9.17, 15) is 13.2 Å². The van der Waals surface area contributed by atoms with E-state index in [1.54, 1.807) is 27.8 Å². The molecule has 1 amide bonds. The van der Waals surface area contributed by atoms with Crippen molar-refractivity contribution in [3.8, 4) is 0 Å². The minimum Gasteiger partial charge on any atom is -0.459 e. The van der Waals surface area contributed by atoms with Crippen LogP contribution in [-0.2, 0) is 33.4 Å². The zero-order valence-electron chi connectivity index (χ0n) is 20.5. The predicted molar refractivity (Wildman–Crippen MR) is 132 cm³/mol. The molecule has 1 saturated heterocycles. The topological polar surface area (TPSA) is 94.6 Å². The first-order valence-electron chi connectivity index (χ1n) is 12.0. The van der Waals surface area contributed by atoms with Gasteiger partial charge in [0.2, 0.25) is 15.0 Å². The van der Waals surface area contributed by atoms with E-state index in [-0.39, 0.29) is 41.1 Å². The number of imidazole rings is 1. The van der Waals surface area contributed by atoms with Crippen molar-refractivity contribution in [3.63, 3.8) is 0 Å². The van der Waals surface area contributed by atoms with Crippen LogP contribution in [-0.4, -0.2) is 48.0 Å². The number of ether oxygens (including phenoxy) is 1. The molecule has 0 N–H and O–H groups in total. The number of carbonyl (C=O) groups excluding carboxylic acids is 1. The van der Waals surface area contributed by atoms with Crippen molar-refractivity contribution in [2.24, 2.45) is 5.92 Å². The number of hydrogen-bond donors (Lipinski definition) is 0. The van der Waals surface area contributed by atoms with E-state index in [1.165, 1.54) is 6.26 Å². The van der Waals surface area contributed by atoms with Gasteiger partial charge in [0.05, 0.1) is 36.6 Å². The monoisotopic (exact) mass is 499 g/mol. The fourth-order valence-electron chi connectivity index (χ4n) is 4.42. The van der Waals surface area contributed by atoms with E-state index in [0.717, 1.165) is 24.0 Å². The number of aryl methyl sites for hydroxylation is 1. The van der Waals surface area contributed by atoms with E-state index in [0.29, 0.717) is 25.4 Å². The van der Waals surface area contributed by atoms with Crippen molar-refractivity contribution in [1.29, 1.82) is 0 Å². The van der Waals surface area contributed by atoms with Crippen LogP contribution in [0.2, 0.25) is 0 Å². The molecule has 1 aliphatic rings. The number of benzene rings is 1. The second-order valence-corrected chi connectivity index (χ2v) is 11.5. The highest BCUT2D eigenvalue weighted by atomic mass is 32.2. The van der Waals surface area contributed by atoms with Gasteiger partial charge in [-0.3, -0.25) is 4.79 Å². The maximum Gasteiger partial charge on any atom is 0.289 e. The minimum atomic E-state index is -3.70. The van der Waals surface area contributed by atoms with Crippen LogP contribution in [0.1, 0.15) is 54.1 Å². The van der Waals surface area contributed by atoms with Crippen LogP contribution in [0.25, 0.3) is 0 Å². The SMILES string of the molecule is Cc1cccc(CS(=O)(=O)c2ncc(CN(C[C@@H]3CCCO3)C(=O)c3ccco3)n2CC(C)C)c1. The van der Waals surface area contributed by atoms with Crippen LogP contribution in [0.4, 0.5) is 0 Å². The normalized spacial score (nSPS) is 16.2. The van der Waals surface area contributed by atoms with Crippen LogP contribution < -0.4 is 0 Å². The standard InChI is InChI=1S/C26H33N3O5S/c1-19(2)15-29-22(14-27-26(29)35(31,32)18-21-8-4-7-20(3)13-21)16-28(17-23-9-5-11-33-23)25(30)24-10-6-12-34-24/h4,6-8,10,12-14,19,23H,5,9,11,15-18H2,1-3H3/t23-/m0/s1. The zero-order chi connectivity index (χ0) is 25.0. The van der Waals surface area contributed by atoms with Crippen LogP contribution in [0, 0.1) is 12.8 Å². The average Bonchev–Trinajstić information content (AvgIpc) is 3.55. The molecular weight excluding hydrogens is 466 g/mol.